The number of rotatable bonds is 6. The Morgan fingerprint density at radius 1 is 1.00 bits per heavy atom. The zero-order valence-corrected chi connectivity index (χ0v) is 20.9. The topological polar surface area (TPSA) is 110 Å². The van der Waals surface area contributed by atoms with E-state index in [9.17, 15) is 9.90 Å². The molecule has 1 unspecified atom stereocenters. The molecule has 0 bridgehead atoms. The SMILES string of the molecule is COc1cccc(N2C(=O)NC(c3ccc(OC)c(O)c3)C(c3nc(-c4ccc(C)cc4)no3)=C2C)c1. The molecule has 188 valence electrons. The van der Waals surface area contributed by atoms with Gasteiger partial charge in [-0.25, -0.2) is 4.79 Å². The molecule has 3 aromatic carbocycles. The minimum Gasteiger partial charge on any atom is -0.504 e. The van der Waals surface area contributed by atoms with Crippen molar-refractivity contribution in [2.45, 2.75) is 19.9 Å². The van der Waals surface area contributed by atoms with Crippen LogP contribution in [0.4, 0.5) is 10.5 Å². The number of phenolic OH excluding ortho intramolecular Hbond substituents is 1. The number of allylic oxidation sites excluding steroid dienone is 1. The minimum absolute atomic E-state index is 0.0487. The van der Waals surface area contributed by atoms with E-state index in [-0.39, 0.29) is 17.7 Å². The van der Waals surface area contributed by atoms with Crippen LogP contribution in [0, 0.1) is 6.92 Å². The molecule has 5 rings (SSSR count). The van der Waals surface area contributed by atoms with E-state index in [0.717, 1.165) is 11.1 Å². The van der Waals surface area contributed by atoms with Crippen LogP contribution in [-0.4, -0.2) is 35.5 Å². The quantitative estimate of drug-likeness (QED) is 0.363. The Balaban J connectivity index is 1.66. The number of carbonyl (C=O) groups is 1. The van der Waals surface area contributed by atoms with Gasteiger partial charge in [0.25, 0.3) is 5.89 Å². The molecule has 1 aliphatic rings. The van der Waals surface area contributed by atoms with E-state index in [4.69, 9.17) is 14.0 Å². The predicted molar refractivity (Wildman–Crippen MR) is 138 cm³/mol. The molecule has 0 aliphatic carbocycles. The van der Waals surface area contributed by atoms with Crippen LogP contribution in [0.15, 0.2) is 77.0 Å². The molecular formula is C28H26N4O5. The van der Waals surface area contributed by atoms with Crippen molar-refractivity contribution in [2.24, 2.45) is 0 Å². The molecule has 9 heteroatoms. The zero-order valence-electron chi connectivity index (χ0n) is 20.9. The van der Waals surface area contributed by atoms with Crippen molar-refractivity contribution in [3.8, 4) is 28.6 Å². The summed E-state index contributed by atoms with van der Waals surface area (Å²) in [5, 5.41) is 17.7. The van der Waals surface area contributed by atoms with Crippen LogP contribution < -0.4 is 19.7 Å². The summed E-state index contributed by atoms with van der Waals surface area (Å²) in [6.07, 6.45) is 0. The third kappa shape index (κ3) is 4.47. The molecule has 2 amide bonds. The number of anilines is 1. The Hall–Kier alpha value is -4.79. The maximum absolute atomic E-state index is 13.4. The first kappa shape index (κ1) is 23.9. The van der Waals surface area contributed by atoms with Gasteiger partial charge in [-0.3, -0.25) is 4.90 Å². The molecule has 0 saturated carbocycles. The normalized spacial score (nSPS) is 15.5. The fraction of sp³-hybridized carbons (Fsp3) is 0.179. The smallest absolute Gasteiger partial charge is 0.327 e. The van der Waals surface area contributed by atoms with Gasteiger partial charge in [-0.2, -0.15) is 4.98 Å². The highest BCUT2D eigenvalue weighted by atomic mass is 16.5. The third-order valence-corrected chi connectivity index (χ3v) is 6.30. The summed E-state index contributed by atoms with van der Waals surface area (Å²) in [7, 11) is 3.05. The number of amides is 2. The lowest BCUT2D eigenvalue weighted by atomic mass is 9.94. The van der Waals surface area contributed by atoms with Gasteiger partial charge in [-0.15, -0.1) is 0 Å². The average Bonchev–Trinajstić information content (AvgIpc) is 3.38. The lowest BCUT2D eigenvalue weighted by Gasteiger charge is -2.35. The van der Waals surface area contributed by atoms with E-state index in [0.29, 0.717) is 39.8 Å². The van der Waals surface area contributed by atoms with Gasteiger partial charge in [0.15, 0.2) is 11.5 Å². The summed E-state index contributed by atoms with van der Waals surface area (Å²) in [5.74, 6) is 1.57. The number of hydrogen-bond acceptors (Lipinski definition) is 7. The van der Waals surface area contributed by atoms with E-state index >= 15 is 0 Å². The van der Waals surface area contributed by atoms with Crippen LogP contribution in [0.1, 0.15) is 30.0 Å². The number of ether oxygens (including phenoxy) is 2. The number of carbonyl (C=O) groups excluding carboxylic acids is 1. The Bertz CT molecular complexity index is 1490. The van der Waals surface area contributed by atoms with Crippen molar-refractivity contribution in [3.05, 3.63) is 89.4 Å². The Morgan fingerprint density at radius 3 is 2.49 bits per heavy atom. The standard InChI is InChI=1S/C28H26N4O5/c1-16-8-10-18(11-9-16)26-30-27(37-31-26)24-17(2)32(20-6-5-7-21(15-20)35-3)28(34)29-25(24)19-12-13-23(36-4)22(33)14-19/h5-15,25,33H,1-4H3,(H,29,34). The zero-order chi connectivity index (χ0) is 26.1. The summed E-state index contributed by atoms with van der Waals surface area (Å²) in [6.45, 7) is 3.83. The minimum atomic E-state index is -0.669. The highest BCUT2D eigenvalue weighted by Gasteiger charge is 2.37. The second kappa shape index (κ2) is 9.69. The van der Waals surface area contributed by atoms with Crippen molar-refractivity contribution < 1.29 is 23.9 Å². The number of phenols is 1. The van der Waals surface area contributed by atoms with Gasteiger partial charge in [0, 0.05) is 17.3 Å². The molecule has 9 nitrogen and oxygen atoms in total. The molecule has 4 aromatic rings. The van der Waals surface area contributed by atoms with Gasteiger partial charge in [0.05, 0.1) is 31.5 Å². The first-order valence-electron chi connectivity index (χ1n) is 11.6. The van der Waals surface area contributed by atoms with Gasteiger partial charge in [0.2, 0.25) is 5.82 Å². The van der Waals surface area contributed by atoms with Crippen LogP contribution in [0.25, 0.3) is 17.0 Å². The number of hydrogen-bond donors (Lipinski definition) is 2. The lowest BCUT2D eigenvalue weighted by Crippen LogP contribution is -2.46. The number of methoxy groups -OCH3 is 2. The second-order valence-electron chi connectivity index (χ2n) is 8.64. The van der Waals surface area contributed by atoms with E-state index in [1.807, 2.05) is 50.2 Å². The molecule has 37 heavy (non-hydrogen) atoms. The van der Waals surface area contributed by atoms with Gasteiger partial charge >= 0.3 is 6.03 Å². The van der Waals surface area contributed by atoms with Crippen LogP contribution >= 0.6 is 0 Å². The summed E-state index contributed by atoms with van der Waals surface area (Å²) >= 11 is 0. The monoisotopic (exact) mass is 498 g/mol. The summed E-state index contributed by atoms with van der Waals surface area (Å²) in [5.41, 5.74) is 4.35. The van der Waals surface area contributed by atoms with Gasteiger partial charge in [-0.1, -0.05) is 47.1 Å². The predicted octanol–water partition coefficient (Wildman–Crippen LogP) is 5.47. The molecule has 0 fully saturated rings. The number of urea groups is 1. The number of aromatic hydroxyl groups is 1. The summed E-state index contributed by atoms with van der Waals surface area (Å²) in [6, 6.07) is 18.9. The molecule has 1 aliphatic heterocycles. The molecule has 0 radical (unpaired) electrons. The van der Waals surface area contributed by atoms with E-state index in [2.05, 4.69) is 15.5 Å². The van der Waals surface area contributed by atoms with Crippen molar-refractivity contribution in [3.63, 3.8) is 0 Å². The number of nitrogens with zero attached hydrogens (tertiary/aromatic N) is 3. The fourth-order valence-corrected chi connectivity index (χ4v) is 4.37. The van der Waals surface area contributed by atoms with E-state index in [1.54, 1.807) is 37.4 Å². The summed E-state index contributed by atoms with van der Waals surface area (Å²) in [4.78, 5) is 19.6. The van der Waals surface area contributed by atoms with E-state index < -0.39 is 6.04 Å². The Kier molecular flexibility index (Phi) is 6.27. The van der Waals surface area contributed by atoms with Crippen molar-refractivity contribution >= 4 is 17.3 Å². The average molecular weight is 499 g/mol. The maximum atomic E-state index is 13.4. The number of benzene rings is 3. The van der Waals surface area contributed by atoms with Gasteiger partial charge in [-0.05, 0) is 43.7 Å². The Morgan fingerprint density at radius 2 is 1.78 bits per heavy atom. The first-order chi connectivity index (χ1) is 17.9. The highest BCUT2D eigenvalue weighted by molar-refractivity contribution is 6.01. The van der Waals surface area contributed by atoms with Crippen LogP contribution in [0.3, 0.4) is 0 Å². The molecular weight excluding hydrogens is 472 g/mol. The number of aryl methyl sites for hydroxylation is 1. The lowest BCUT2D eigenvalue weighted by molar-refractivity contribution is 0.244. The van der Waals surface area contributed by atoms with Gasteiger partial charge < -0.3 is 24.4 Å². The number of aromatic nitrogens is 2. The molecule has 0 spiro atoms. The van der Waals surface area contributed by atoms with Crippen molar-refractivity contribution in [1.82, 2.24) is 15.5 Å². The largest absolute Gasteiger partial charge is 0.504 e. The van der Waals surface area contributed by atoms with Crippen LogP contribution in [0.5, 0.6) is 17.2 Å². The van der Waals surface area contributed by atoms with Crippen molar-refractivity contribution in [2.75, 3.05) is 19.1 Å². The van der Waals surface area contributed by atoms with Gasteiger partial charge in [0.1, 0.15) is 5.75 Å². The Labute approximate surface area is 214 Å². The second-order valence-corrected chi connectivity index (χ2v) is 8.64. The summed E-state index contributed by atoms with van der Waals surface area (Å²) < 4.78 is 16.3. The van der Waals surface area contributed by atoms with E-state index in [1.165, 1.54) is 12.0 Å². The van der Waals surface area contributed by atoms with Crippen LogP contribution in [-0.2, 0) is 0 Å². The fourth-order valence-electron chi connectivity index (χ4n) is 4.37. The molecule has 1 aromatic heterocycles. The first-order valence-corrected chi connectivity index (χ1v) is 11.6. The third-order valence-electron chi connectivity index (χ3n) is 6.30. The maximum Gasteiger partial charge on any atom is 0.327 e. The number of nitrogens with one attached hydrogen (secondary N) is 1. The molecule has 2 N–H and O–H groups in total. The molecule has 1 atom stereocenters. The molecule has 0 saturated heterocycles. The van der Waals surface area contributed by atoms with Crippen molar-refractivity contribution in [1.29, 1.82) is 0 Å². The highest BCUT2D eigenvalue weighted by Crippen LogP contribution is 2.41. The van der Waals surface area contributed by atoms with Crippen LogP contribution in [0.2, 0.25) is 0 Å². The molecule has 2 heterocycles.